The first-order valence-electron chi connectivity index (χ1n) is 5.32. The van der Waals surface area contributed by atoms with E-state index in [1.54, 1.807) is 16.8 Å². The van der Waals surface area contributed by atoms with Crippen LogP contribution in [0.25, 0.3) is 11.3 Å². The van der Waals surface area contributed by atoms with Crippen LogP contribution in [-0.2, 0) is 6.54 Å². The zero-order chi connectivity index (χ0) is 12.4. The first-order chi connectivity index (χ1) is 8.11. The van der Waals surface area contributed by atoms with E-state index in [1.807, 2.05) is 19.1 Å². The van der Waals surface area contributed by atoms with Crippen molar-refractivity contribution in [3.05, 3.63) is 35.0 Å². The van der Waals surface area contributed by atoms with Crippen LogP contribution in [-0.4, -0.2) is 21.5 Å². The van der Waals surface area contributed by atoms with Gasteiger partial charge in [-0.3, -0.25) is 4.68 Å². The van der Waals surface area contributed by atoms with Gasteiger partial charge in [0.05, 0.1) is 29.6 Å². The van der Waals surface area contributed by atoms with Crippen LogP contribution in [0.1, 0.15) is 5.69 Å². The summed E-state index contributed by atoms with van der Waals surface area (Å²) in [4.78, 5) is 0. The molecule has 3 N–H and O–H groups in total. The van der Waals surface area contributed by atoms with Crippen LogP contribution >= 0.6 is 11.6 Å². The van der Waals surface area contributed by atoms with E-state index < -0.39 is 0 Å². The minimum atomic E-state index is 0.0741. The number of nitrogen functional groups attached to an aromatic ring is 1. The molecule has 17 heavy (non-hydrogen) atoms. The van der Waals surface area contributed by atoms with Crippen molar-refractivity contribution < 1.29 is 5.11 Å². The Balaban J connectivity index is 2.39. The van der Waals surface area contributed by atoms with E-state index in [0.29, 0.717) is 17.3 Å². The third-order valence-electron chi connectivity index (χ3n) is 2.58. The van der Waals surface area contributed by atoms with Crippen molar-refractivity contribution in [2.75, 3.05) is 12.3 Å². The summed E-state index contributed by atoms with van der Waals surface area (Å²) in [6, 6.07) is 7.39. The Morgan fingerprint density at radius 2 is 2.18 bits per heavy atom. The number of halogens is 1. The van der Waals surface area contributed by atoms with E-state index in [2.05, 4.69) is 5.10 Å². The summed E-state index contributed by atoms with van der Waals surface area (Å²) >= 11 is 5.87. The second-order valence-electron chi connectivity index (χ2n) is 3.85. The number of hydrogen-bond donors (Lipinski definition) is 2. The monoisotopic (exact) mass is 251 g/mol. The van der Waals surface area contributed by atoms with Crippen molar-refractivity contribution in [1.29, 1.82) is 0 Å². The number of rotatable bonds is 3. The molecule has 2 aromatic rings. The number of aliphatic hydroxyl groups excluding tert-OH is 1. The van der Waals surface area contributed by atoms with Gasteiger partial charge in [0, 0.05) is 11.3 Å². The molecule has 0 bridgehead atoms. The summed E-state index contributed by atoms with van der Waals surface area (Å²) in [5.41, 5.74) is 9.05. The van der Waals surface area contributed by atoms with Crippen molar-refractivity contribution in [2.24, 2.45) is 0 Å². The summed E-state index contributed by atoms with van der Waals surface area (Å²) in [6.07, 6.45) is 0. The lowest BCUT2D eigenvalue weighted by molar-refractivity contribution is 0.268. The summed E-state index contributed by atoms with van der Waals surface area (Å²) in [6.45, 7) is 2.52. The molecular formula is C12H14ClN3O. The summed E-state index contributed by atoms with van der Waals surface area (Å²) in [5, 5.41) is 13.8. The number of nitrogens with zero attached hydrogens (tertiary/aromatic N) is 2. The van der Waals surface area contributed by atoms with E-state index in [4.69, 9.17) is 22.4 Å². The molecule has 1 aromatic carbocycles. The van der Waals surface area contributed by atoms with Crippen LogP contribution in [0.4, 0.5) is 5.69 Å². The van der Waals surface area contributed by atoms with Crippen molar-refractivity contribution in [2.45, 2.75) is 13.5 Å². The van der Waals surface area contributed by atoms with Gasteiger partial charge in [0.2, 0.25) is 0 Å². The summed E-state index contributed by atoms with van der Waals surface area (Å²) < 4.78 is 1.76. The van der Waals surface area contributed by atoms with Crippen LogP contribution in [0.3, 0.4) is 0 Å². The molecule has 0 saturated heterocycles. The Hall–Kier alpha value is -1.52. The smallest absolute Gasteiger partial charge is 0.0926 e. The van der Waals surface area contributed by atoms with Crippen LogP contribution < -0.4 is 5.73 Å². The number of benzene rings is 1. The van der Waals surface area contributed by atoms with Gasteiger partial charge in [-0.25, -0.2) is 0 Å². The molecule has 0 saturated carbocycles. The van der Waals surface area contributed by atoms with Crippen LogP contribution in [0.15, 0.2) is 24.3 Å². The Morgan fingerprint density at radius 1 is 1.41 bits per heavy atom. The van der Waals surface area contributed by atoms with Gasteiger partial charge < -0.3 is 10.8 Å². The molecule has 5 heteroatoms. The molecular weight excluding hydrogens is 238 g/mol. The van der Waals surface area contributed by atoms with Gasteiger partial charge in [-0.05, 0) is 25.1 Å². The molecule has 0 unspecified atom stereocenters. The molecule has 0 atom stereocenters. The predicted octanol–water partition coefficient (Wildman–Crippen LogP) is 2.09. The highest BCUT2D eigenvalue weighted by atomic mass is 35.5. The molecule has 1 aromatic heterocycles. The van der Waals surface area contributed by atoms with Gasteiger partial charge in [0.1, 0.15) is 0 Å². The quantitative estimate of drug-likeness (QED) is 0.821. The van der Waals surface area contributed by atoms with Crippen molar-refractivity contribution in [1.82, 2.24) is 9.78 Å². The third-order valence-corrected chi connectivity index (χ3v) is 2.93. The molecule has 0 fully saturated rings. The first kappa shape index (κ1) is 12.0. The highest BCUT2D eigenvalue weighted by Gasteiger charge is 2.07. The fourth-order valence-corrected chi connectivity index (χ4v) is 1.79. The SMILES string of the molecule is Cc1cc(-c2ccc(Cl)c(N)c2)nn1CCO. The maximum atomic E-state index is 8.91. The largest absolute Gasteiger partial charge is 0.398 e. The molecule has 0 radical (unpaired) electrons. The second kappa shape index (κ2) is 4.77. The van der Waals surface area contributed by atoms with Gasteiger partial charge in [-0.15, -0.1) is 0 Å². The first-order valence-corrected chi connectivity index (χ1v) is 5.70. The zero-order valence-electron chi connectivity index (χ0n) is 9.52. The molecule has 90 valence electrons. The van der Waals surface area contributed by atoms with E-state index in [9.17, 15) is 0 Å². The highest BCUT2D eigenvalue weighted by molar-refractivity contribution is 6.33. The van der Waals surface area contributed by atoms with E-state index >= 15 is 0 Å². The lowest BCUT2D eigenvalue weighted by Gasteiger charge is -2.01. The van der Waals surface area contributed by atoms with Crippen LogP contribution in [0.2, 0.25) is 5.02 Å². The molecule has 0 aliphatic rings. The third kappa shape index (κ3) is 2.43. The minimum Gasteiger partial charge on any atom is -0.398 e. The lowest BCUT2D eigenvalue weighted by Crippen LogP contribution is -2.05. The maximum Gasteiger partial charge on any atom is 0.0926 e. The van der Waals surface area contributed by atoms with Crippen molar-refractivity contribution in [3.63, 3.8) is 0 Å². The number of nitrogens with two attached hydrogens (primary N) is 1. The predicted molar refractivity (Wildman–Crippen MR) is 68.9 cm³/mol. The molecule has 0 aliphatic heterocycles. The Morgan fingerprint density at radius 3 is 2.82 bits per heavy atom. The van der Waals surface area contributed by atoms with Crippen LogP contribution in [0.5, 0.6) is 0 Å². The molecule has 0 amide bonds. The van der Waals surface area contributed by atoms with Gasteiger partial charge in [-0.1, -0.05) is 17.7 Å². The number of hydrogen-bond acceptors (Lipinski definition) is 3. The number of aryl methyl sites for hydroxylation is 1. The Kier molecular flexibility index (Phi) is 3.36. The van der Waals surface area contributed by atoms with Crippen molar-refractivity contribution >= 4 is 17.3 Å². The summed E-state index contributed by atoms with van der Waals surface area (Å²) in [5.74, 6) is 0. The van der Waals surface area contributed by atoms with E-state index in [-0.39, 0.29) is 6.61 Å². The van der Waals surface area contributed by atoms with Crippen molar-refractivity contribution in [3.8, 4) is 11.3 Å². The number of anilines is 1. The second-order valence-corrected chi connectivity index (χ2v) is 4.26. The highest BCUT2D eigenvalue weighted by Crippen LogP contribution is 2.26. The zero-order valence-corrected chi connectivity index (χ0v) is 10.3. The normalized spacial score (nSPS) is 10.8. The average molecular weight is 252 g/mol. The maximum absolute atomic E-state index is 8.91. The fraction of sp³-hybridized carbons (Fsp3) is 0.250. The Bertz CT molecular complexity index is 537. The molecule has 1 heterocycles. The minimum absolute atomic E-state index is 0.0741. The Labute approximate surface area is 105 Å². The molecule has 4 nitrogen and oxygen atoms in total. The topological polar surface area (TPSA) is 64.1 Å². The van der Waals surface area contributed by atoms with Gasteiger partial charge in [0.25, 0.3) is 0 Å². The van der Waals surface area contributed by atoms with E-state index in [1.165, 1.54) is 0 Å². The van der Waals surface area contributed by atoms with Crippen LogP contribution in [0, 0.1) is 6.92 Å². The van der Waals surface area contributed by atoms with Gasteiger partial charge >= 0.3 is 0 Å². The lowest BCUT2D eigenvalue weighted by atomic mass is 10.1. The van der Waals surface area contributed by atoms with Gasteiger partial charge in [-0.2, -0.15) is 5.10 Å². The van der Waals surface area contributed by atoms with E-state index in [0.717, 1.165) is 17.0 Å². The number of aromatic nitrogens is 2. The fourth-order valence-electron chi connectivity index (χ4n) is 1.68. The summed E-state index contributed by atoms with van der Waals surface area (Å²) in [7, 11) is 0. The molecule has 0 aliphatic carbocycles. The standard InChI is InChI=1S/C12H14ClN3O/c1-8-6-12(15-16(8)4-5-17)9-2-3-10(13)11(14)7-9/h2-3,6-7,17H,4-5,14H2,1H3. The van der Waals surface area contributed by atoms with Gasteiger partial charge in [0.15, 0.2) is 0 Å². The number of aliphatic hydroxyl groups is 1. The average Bonchev–Trinajstić information content (AvgIpc) is 2.65. The molecule has 2 rings (SSSR count). The molecule has 0 spiro atoms.